The van der Waals surface area contributed by atoms with E-state index in [1.807, 2.05) is 0 Å². The van der Waals surface area contributed by atoms with Gasteiger partial charge in [-0.2, -0.15) is 13.2 Å². The predicted octanol–water partition coefficient (Wildman–Crippen LogP) is 2.78. The molecule has 0 bridgehead atoms. The number of methoxy groups -OCH3 is 2. The van der Waals surface area contributed by atoms with E-state index in [1.165, 1.54) is 19.2 Å². The van der Waals surface area contributed by atoms with Gasteiger partial charge in [0, 0.05) is 20.1 Å². The van der Waals surface area contributed by atoms with Crippen LogP contribution in [-0.4, -0.2) is 45.5 Å². The highest BCUT2D eigenvalue weighted by atomic mass is 19.4. The van der Waals surface area contributed by atoms with Gasteiger partial charge in [0.25, 0.3) is 0 Å². The van der Waals surface area contributed by atoms with Gasteiger partial charge >= 0.3 is 12.1 Å². The lowest BCUT2D eigenvalue weighted by molar-refractivity contribution is -0.153. The molecule has 6 nitrogen and oxygen atoms in total. The lowest BCUT2D eigenvalue weighted by Gasteiger charge is -2.15. The average Bonchev–Trinajstić information content (AvgIpc) is 2.52. The molecule has 0 heterocycles. The van der Waals surface area contributed by atoms with Crippen LogP contribution in [0.25, 0.3) is 0 Å². The summed E-state index contributed by atoms with van der Waals surface area (Å²) in [6, 6.07) is 3.69. The highest BCUT2D eigenvalue weighted by Gasteiger charge is 2.29. The Labute approximate surface area is 136 Å². The summed E-state index contributed by atoms with van der Waals surface area (Å²) in [4.78, 5) is 23.3. The normalized spacial score (nSPS) is 11.0. The second-order valence-electron chi connectivity index (χ2n) is 4.75. The molecule has 1 rings (SSSR count). The lowest BCUT2D eigenvalue weighted by Crippen LogP contribution is -2.20. The number of carbonyl (C=O) groups excluding carboxylic acids is 2. The maximum Gasteiger partial charge on any atom is 0.422 e. The van der Waals surface area contributed by atoms with Crippen LogP contribution in [0.3, 0.4) is 0 Å². The van der Waals surface area contributed by atoms with Gasteiger partial charge in [-0.25, -0.2) is 4.79 Å². The first-order valence-corrected chi connectivity index (χ1v) is 6.97. The Morgan fingerprint density at radius 3 is 2.50 bits per heavy atom. The SMILES string of the molecule is COCCCC(=O)Nc1ccc(C(=O)OC)cc1OCC(F)(F)F. The number of anilines is 1. The summed E-state index contributed by atoms with van der Waals surface area (Å²) >= 11 is 0. The van der Waals surface area contributed by atoms with Crippen molar-refractivity contribution >= 4 is 17.6 Å². The van der Waals surface area contributed by atoms with Crippen molar-refractivity contribution in [2.75, 3.05) is 32.8 Å². The molecule has 0 aliphatic carbocycles. The van der Waals surface area contributed by atoms with Gasteiger partial charge in [-0.1, -0.05) is 0 Å². The van der Waals surface area contributed by atoms with Gasteiger partial charge in [-0.15, -0.1) is 0 Å². The molecule has 1 N–H and O–H groups in total. The summed E-state index contributed by atoms with van der Waals surface area (Å²) in [7, 11) is 2.64. The fourth-order valence-electron chi connectivity index (χ4n) is 1.74. The molecule has 134 valence electrons. The zero-order chi connectivity index (χ0) is 18.2. The molecule has 0 unspecified atom stereocenters. The first-order valence-electron chi connectivity index (χ1n) is 6.97. The molecule has 0 atom stereocenters. The van der Waals surface area contributed by atoms with Crippen LogP contribution < -0.4 is 10.1 Å². The minimum absolute atomic E-state index is 0.00653. The summed E-state index contributed by atoms with van der Waals surface area (Å²) in [6.07, 6.45) is -3.96. The number of benzene rings is 1. The fourth-order valence-corrected chi connectivity index (χ4v) is 1.74. The molecule has 0 aromatic heterocycles. The number of hydrogen-bond donors (Lipinski definition) is 1. The second kappa shape index (κ2) is 9.11. The number of hydrogen-bond acceptors (Lipinski definition) is 5. The zero-order valence-corrected chi connectivity index (χ0v) is 13.2. The van der Waals surface area contributed by atoms with Crippen LogP contribution >= 0.6 is 0 Å². The lowest BCUT2D eigenvalue weighted by atomic mass is 10.2. The molecule has 0 saturated heterocycles. The van der Waals surface area contributed by atoms with Crippen molar-refractivity contribution in [3.05, 3.63) is 23.8 Å². The average molecular weight is 349 g/mol. The molecule has 0 aliphatic heterocycles. The highest BCUT2D eigenvalue weighted by molar-refractivity contribution is 5.95. The molecule has 9 heteroatoms. The molecule has 0 radical (unpaired) electrons. The van der Waals surface area contributed by atoms with Crippen molar-refractivity contribution in [2.24, 2.45) is 0 Å². The van der Waals surface area contributed by atoms with E-state index in [4.69, 9.17) is 9.47 Å². The molecular formula is C15H18F3NO5. The van der Waals surface area contributed by atoms with E-state index in [2.05, 4.69) is 10.1 Å². The van der Waals surface area contributed by atoms with Gasteiger partial charge in [0.05, 0.1) is 18.4 Å². The van der Waals surface area contributed by atoms with E-state index in [1.54, 1.807) is 0 Å². The maximum absolute atomic E-state index is 12.3. The summed E-state index contributed by atoms with van der Waals surface area (Å²) in [5.74, 6) is -1.41. The fraction of sp³-hybridized carbons (Fsp3) is 0.467. The number of rotatable bonds is 8. The van der Waals surface area contributed by atoms with E-state index in [9.17, 15) is 22.8 Å². The molecule has 0 saturated carbocycles. The van der Waals surface area contributed by atoms with Gasteiger partial charge < -0.3 is 19.5 Å². The number of esters is 1. The Balaban J connectivity index is 2.91. The van der Waals surface area contributed by atoms with Crippen molar-refractivity contribution in [1.82, 2.24) is 0 Å². The highest BCUT2D eigenvalue weighted by Crippen LogP contribution is 2.28. The van der Waals surface area contributed by atoms with Crippen molar-refractivity contribution in [1.29, 1.82) is 0 Å². The molecule has 0 aliphatic rings. The van der Waals surface area contributed by atoms with Crippen molar-refractivity contribution in [3.8, 4) is 5.75 Å². The third kappa shape index (κ3) is 6.86. The largest absolute Gasteiger partial charge is 0.482 e. The Morgan fingerprint density at radius 1 is 1.21 bits per heavy atom. The van der Waals surface area contributed by atoms with Crippen LogP contribution in [0.4, 0.5) is 18.9 Å². The number of carbonyl (C=O) groups is 2. The van der Waals surface area contributed by atoms with Gasteiger partial charge in [0.1, 0.15) is 5.75 Å². The van der Waals surface area contributed by atoms with Crippen LogP contribution in [-0.2, 0) is 14.3 Å². The van der Waals surface area contributed by atoms with Crippen LogP contribution in [0.1, 0.15) is 23.2 Å². The second-order valence-corrected chi connectivity index (χ2v) is 4.75. The van der Waals surface area contributed by atoms with E-state index in [-0.39, 0.29) is 23.4 Å². The Kier molecular flexibility index (Phi) is 7.50. The van der Waals surface area contributed by atoms with Crippen LogP contribution in [0, 0.1) is 0 Å². The van der Waals surface area contributed by atoms with Crippen LogP contribution in [0.2, 0.25) is 0 Å². The van der Waals surface area contributed by atoms with E-state index in [0.29, 0.717) is 13.0 Å². The first-order chi connectivity index (χ1) is 11.3. The van der Waals surface area contributed by atoms with Crippen LogP contribution in [0.5, 0.6) is 5.75 Å². The first kappa shape index (κ1) is 19.8. The number of nitrogens with one attached hydrogen (secondary N) is 1. The third-order valence-electron chi connectivity index (χ3n) is 2.82. The van der Waals surface area contributed by atoms with Gasteiger partial charge in [-0.3, -0.25) is 4.79 Å². The number of ether oxygens (including phenoxy) is 3. The number of amides is 1. The van der Waals surface area contributed by atoms with Crippen molar-refractivity contribution in [2.45, 2.75) is 19.0 Å². The summed E-state index contributed by atoms with van der Waals surface area (Å²) in [5, 5.41) is 2.45. The molecule has 0 fully saturated rings. The smallest absolute Gasteiger partial charge is 0.422 e. The molecule has 1 amide bonds. The standard InChI is InChI=1S/C15H18F3NO5/c1-22-7-3-4-13(20)19-11-6-5-10(14(21)23-2)8-12(11)24-9-15(16,17)18/h5-6,8H,3-4,7,9H2,1-2H3,(H,19,20). The molecule has 1 aromatic rings. The zero-order valence-electron chi connectivity index (χ0n) is 13.2. The minimum atomic E-state index is -4.55. The van der Waals surface area contributed by atoms with E-state index >= 15 is 0 Å². The van der Waals surface area contributed by atoms with Crippen molar-refractivity contribution in [3.63, 3.8) is 0 Å². The quantitative estimate of drug-likeness (QED) is 0.577. The number of alkyl halides is 3. The van der Waals surface area contributed by atoms with Crippen LogP contribution in [0.15, 0.2) is 18.2 Å². The monoisotopic (exact) mass is 349 g/mol. The van der Waals surface area contributed by atoms with Gasteiger partial charge in [0.2, 0.25) is 5.91 Å². The van der Waals surface area contributed by atoms with Gasteiger partial charge in [-0.05, 0) is 24.6 Å². The maximum atomic E-state index is 12.3. The Morgan fingerprint density at radius 2 is 1.92 bits per heavy atom. The van der Waals surface area contributed by atoms with Crippen molar-refractivity contribution < 1.29 is 37.0 Å². The molecular weight excluding hydrogens is 331 g/mol. The predicted molar refractivity (Wildman–Crippen MR) is 79.1 cm³/mol. The summed E-state index contributed by atoms with van der Waals surface area (Å²) in [6.45, 7) is -1.17. The van der Waals surface area contributed by atoms with Gasteiger partial charge in [0.15, 0.2) is 6.61 Å². The summed E-state index contributed by atoms with van der Waals surface area (Å²) < 4.78 is 51.1. The third-order valence-corrected chi connectivity index (χ3v) is 2.82. The van der Waals surface area contributed by atoms with E-state index < -0.39 is 24.7 Å². The summed E-state index contributed by atoms with van der Waals surface area (Å²) in [5.41, 5.74) is 0.0429. The molecule has 24 heavy (non-hydrogen) atoms. The number of halogens is 3. The topological polar surface area (TPSA) is 73.9 Å². The molecule has 0 spiro atoms. The van der Waals surface area contributed by atoms with E-state index in [0.717, 1.165) is 13.2 Å². The minimum Gasteiger partial charge on any atom is -0.482 e. The Bertz CT molecular complexity index is 575. The Hall–Kier alpha value is -2.29. The molecule has 1 aromatic carbocycles.